The van der Waals surface area contributed by atoms with E-state index in [9.17, 15) is 14.0 Å². The summed E-state index contributed by atoms with van der Waals surface area (Å²) in [5.41, 5.74) is 1.01. The highest BCUT2D eigenvalue weighted by molar-refractivity contribution is 7.13. The van der Waals surface area contributed by atoms with E-state index in [4.69, 9.17) is 5.11 Å². The zero-order valence-electron chi connectivity index (χ0n) is 12.9. The smallest absolute Gasteiger partial charge is 0.308 e. The lowest BCUT2D eigenvalue weighted by atomic mass is 9.98. The van der Waals surface area contributed by atoms with Crippen LogP contribution in [-0.2, 0) is 16.0 Å². The SMILES string of the molecule is O=C(O)C1CCCN(C(=O)Cc2csc(-c3ccccc3F)n2)C1. The van der Waals surface area contributed by atoms with Crippen LogP contribution in [0.3, 0.4) is 0 Å². The maximum Gasteiger partial charge on any atom is 0.308 e. The number of benzene rings is 1. The molecule has 1 aliphatic heterocycles. The molecule has 0 aliphatic carbocycles. The summed E-state index contributed by atoms with van der Waals surface area (Å²) in [5.74, 6) is -1.83. The molecule has 0 saturated carbocycles. The first-order valence-electron chi connectivity index (χ1n) is 7.74. The summed E-state index contributed by atoms with van der Waals surface area (Å²) in [6.07, 6.45) is 1.41. The van der Waals surface area contributed by atoms with Gasteiger partial charge >= 0.3 is 5.97 Å². The van der Waals surface area contributed by atoms with Gasteiger partial charge in [0.25, 0.3) is 0 Å². The standard InChI is InChI=1S/C17H17FN2O3S/c18-14-6-2-1-5-13(14)16-19-12(10-24-16)8-15(21)20-7-3-4-11(9-20)17(22)23/h1-2,5-6,10-11H,3-4,7-9H2,(H,22,23). The average molecular weight is 348 g/mol. The fraction of sp³-hybridized carbons (Fsp3) is 0.353. The van der Waals surface area contributed by atoms with Gasteiger partial charge in [-0.2, -0.15) is 0 Å². The Kier molecular flexibility index (Phi) is 4.89. The first-order chi connectivity index (χ1) is 11.5. The topological polar surface area (TPSA) is 70.5 Å². The summed E-state index contributed by atoms with van der Waals surface area (Å²) >= 11 is 1.29. The number of thiazole rings is 1. The van der Waals surface area contributed by atoms with E-state index in [-0.39, 0.29) is 24.7 Å². The van der Waals surface area contributed by atoms with Gasteiger partial charge in [0.15, 0.2) is 0 Å². The lowest BCUT2D eigenvalue weighted by molar-refractivity contribution is -0.145. The zero-order chi connectivity index (χ0) is 17.1. The Balaban J connectivity index is 1.67. The van der Waals surface area contributed by atoms with Crippen molar-refractivity contribution in [3.63, 3.8) is 0 Å². The quantitative estimate of drug-likeness (QED) is 0.922. The largest absolute Gasteiger partial charge is 0.481 e. The average Bonchev–Trinajstić information content (AvgIpc) is 3.03. The third-order valence-electron chi connectivity index (χ3n) is 4.11. The number of carbonyl (C=O) groups is 2. The van der Waals surface area contributed by atoms with E-state index in [1.165, 1.54) is 17.4 Å². The van der Waals surface area contributed by atoms with Crippen LogP contribution in [0, 0.1) is 11.7 Å². The molecule has 1 aromatic heterocycles. The number of hydrogen-bond donors (Lipinski definition) is 1. The van der Waals surface area contributed by atoms with E-state index in [2.05, 4.69) is 4.98 Å². The summed E-state index contributed by atoms with van der Waals surface area (Å²) in [4.78, 5) is 29.4. The van der Waals surface area contributed by atoms with Crippen molar-refractivity contribution in [1.82, 2.24) is 9.88 Å². The van der Waals surface area contributed by atoms with Crippen LogP contribution in [0.5, 0.6) is 0 Å². The monoisotopic (exact) mass is 348 g/mol. The number of piperidine rings is 1. The van der Waals surface area contributed by atoms with Crippen molar-refractivity contribution in [2.75, 3.05) is 13.1 Å². The van der Waals surface area contributed by atoms with Crippen molar-refractivity contribution in [2.24, 2.45) is 5.92 Å². The van der Waals surface area contributed by atoms with Gasteiger partial charge in [-0.15, -0.1) is 11.3 Å². The molecule has 126 valence electrons. The van der Waals surface area contributed by atoms with E-state index in [1.807, 2.05) is 0 Å². The predicted octanol–water partition coefficient (Wildman–Crippen LogP) is 2.81. The molecule has 1 amide bonds. The van der Waals surface area contributed by atoms with E-state index in [0.29, 0.717) is 35.7 Å². The van der Waals surface area contributed by atoms with E-state index >= 15 is 0 Å². The van der Waals surface area contributed by atoms with Crippen LogP contribution >= 0.6 is 11.3 Å². The molecular formula is C17H17FN2O3S. The van der Waals surface area contributed by atoms with Crippen LogP contribution in [-0.4, -0.2) is 40.0 Å². The number of carboxylic acid groups (broad SMARTS) is 1. The van der Waals surface area contributed by atoms with E-state index < -0.39 is 11.9 Å². The number of aromatic nitrogens is 1. The van der Waals surface area contributed by atoms with Gasteiger partial charge in [0, 0.05) is 24.0 Å². The van der Waals surface area contributed by atoms with Crippen molar-refractivity contribution in [3.8, 4) is 10.6 Å². The van der Waals surface area contributed by atoms with Gasteiger partial charge in [-0.3, -0.25) is 9.59 Å². The molecular weight excluding hydrogens is 331 g/mol. The Morgan fingerprint density at radius 1 is 1.38 bits per heavy atom. The third kappa shape index (κ3) is 3.62. The van der Waals surface area contributed by atoms with E-state index in [0.717, 1.165) is 0 Å². The molecule has 1 aliphatic rings. The molecule has 3 rings (SSSR count). The van der Waals surface area contributed by atoms with Gasteiger partial charge < -0.3 is 10.0 Å². The minimum atomic E-state index is -0.858. The van der Waals surface area contributed by atoms with Crippen molar-refractivity contribution in [2.45, 2.75) is 19.3 Å². The molecule has 1 atom stereocenters. The Morgan fingerprint density at radius 3 is 2.92 bits per heavy atom. The molecule has 1 saturated heterocycles. The Hall–Kier alpha value is -2.28. The highest BCUT2D eigenvalue weighted by Gasteiger charge is 2.28. The van der Waals surface area contributed by atoms with Crippen LogP contribution in [0.1, 0.15) is 18.5 Å². The fourth-order valence-corrected chi connectivity index (χ4v) is 3.66. The second-order valence-corrected chi connectivity index (χ2v) is 6.68. The number of aliphatic carboxylic acids is 1. The highest BCUT2D eigenvalue weighted by atomic mass is 32.1. The second kappa shape index (κ2) is 7.09. The predicted molar refractivity (Wildman–Crippen MR) is 88.2 cm³/mol. The summed E-state index contributed by atoms with van der Waals surface area (Å²) in [6, 6.07) is 6.39. The first-order valence-corrected chi connectivity index (χ1v) is 8.62. The number of carboxylic acids is 1. The van der Waals surface area contributed by atoms with Gasteiger partial charge in [-0.25, -0.2) is 9.37 Å². The summed E-state index contributed by atoms with van der Waals surface area (Å²) < 4.78 is 13.8. The van der Waals surface area contributed by atoms with Crippen molar-refractivity contribution in [3.05, 3.63) is 41.2 Å². The van der Waals surface area contributed by atoms with Crippen molar-refractivity contribution in [1.29, 1.82) is 0 Å². The van der Waals surface area contributed by atoms with Gasteiger partial charge in [-0.05, 0) is 25.0 Å². The van der Waals surface area contributed by atoms with Crippen LogP contribution in [0.4, 0.5) is 4.39 Å². The molecule has 2 heterocycles. The normalized spacial score (nSPS) is 17.7. The van der Waals surface area contributed by atoms with Gasteiger partial charge in [0.1, 0.15) is 10.8 Å². The molecule has 0 spiro atoms. The van der Waals surface area contributed by atoms with Crippen LogP contribution in [0.2, 0.25) is 0 Å². The summed E-state index contributed by atoms with van der Waals surface area (Å²) in [5, 5.41) is 11.4. The fourth-order valence-electron chi connectivity index (χ4n) is 2.82. The first kappa shape index (κ1) is 16.6. The number of likely N-dealkylation sites (tertiary alicyclic amines) is 1. The second-order valence-electron chi connectivity index (χ2n) is 5.82. The number of hydrogen-bond acceptors (Lipinski definition) is 4. The van der Waals surface area contributed by atoms with Gasteiger partial charge in [0.2, 0.25) is 5.91 Å². The minimum absolute atomic E-state index is 0.108. The molecule has 0 radical (unpaired) electrons. The van der Waals surface area contributed by atoms with Gasteiger partial charge in [0.05, 0.1) is 18.0 Å². The highest BCUT2D eigenvalue weighted by Crippen LogP contribution is 2.26. The lowest BCUT2D eigenvalue weighted by Crippen LogP contribution is -2.43. The Morgan fingerprint density at radius 2 is 2.17 bits per heavy atom. The number of carbonyl (C=O) groups excluding carboxylic acids is 1. The Bertz CT molecular complexity index is 762. The molecule has 1 aromatic carbocycles. The molecule has 0 bridgehead atoms. The minimum Gasteiger partial charge on any atom is -0.481 e. The van der Waals surface area contributed by atoms with Crippen molar-refractivity contribution >= 4 is 23.2 Å². The van der Waals surface area contributed by atoms with Crippen LogP contribution in [0.25, 0.3) is 10.6 Å². The molecule has 1 unspecified atom stereocenters. The maximum absolute atomic E-state index is 13.8. The number of halogens is 1. The molecule has 2 aromatic rings. The third-order valence-corrected chi connectivity index (χ3v) is 5.04. The van der Waals surface area contributed by atoms with Crippen LogP contribution in [0.15, 0.2) is 29.6 Å². The number of amides is 1. The summed E-state index contributed by atoms with van der Waals surface area (Å²) in [6.45, 7) is 0.825. The number of rotatable bonds is 4. The summed E-state index contributed by atoms with van der Waals surface area (Å²) in [7, 11) is 0. The van der Waals surface area contributed by atoms with Gasteiger partial charge in [-0.1, -0.05) is 12.1 Å². The van der Waals surface area contributed by atoms with Crippen LogP contribution < -0.4 is 0 Å². The molecule has 1 N–H and O–H groups in total. The maximum atomic E-state index is 13.8. The van der Waals surface area contributed by atoms with Crippen molar-refractivity contribution < 1.29 is 19.1 Å². The molecule has 24 heavy (non-hydrogen) atoms. The lowest BCUT2D eigenvalue weighted by Gasteiger charge is -2.30. The number of nitrogens with zero attached hydrogens (tertiary/aromatic N) is 2. The van der Waals surface area contributed by atoms with E-state index in [1.54, 1.807) is 28.5 Å². The molecule has 5 nitrogen and oxygen atoms in total. The molecule has 1 fully saturated rings. The Labute approximate surface area is 142 Å². The zero-order valence-corrected chi connectivity index (χ0v) is 13.8. The molecule has 7 heteroatoms.